The van der Waals surface area contributed by atoms with E-state index in [1.807, 2.05) is 12.1 Å². The van der Waals surface area contributed by atoms with Gasteiger partial charge in [0.05, 0.1) is 6.04 Å². The van der Waals surface area contributed by atoms with Crippen molar-refractivity contribution in [2.24, 2.45) is 5.84 Å². The third-order valence-electron chi connectivity index (χ3n) is 2.68. The van der Waals surface area contributed by atoms with Gasteiger partial charge >= 0.3 is 0 Å². The van der Waals surface area contributed by atoms with Gasteiger partial charge in [-0.25, -0.2) is 0 Å². The van der Waals surface area contributed by atoms with Crippen molar-refractivity contribution in [3.63, 3.8) is 0 Å². The number of rotatable bonds is 5. The second kappa shape index (κ2) is 6.91. The predicted molar refractivity (Wildman–Crippen MR) is 83.6 cm³/mol. The van der Waals surface area contributed by atoms with Crippen LogP contribution < -0.4 is 17.0 Å². The van der Waals surface area contributed by atoms with Crippen LogP contribution >= 0.6 is 27.7 Å². The first kappa shape index (κ1) is 14.3. The number of aromatic nitrogens is 1. The Balaban J connectivity index is 2.06. The third-order valence-corrected chi connectivity index (χ3v) is 4.26. The Morgan fingerprint density at radius 3 is 2.89 bits per heavy atom. The SMILES string of the molecule is NNC(CSc1cccc(Br)c1)c1cnccc1N. The molecule has 19 heavy (non-hydrogen) atoms. The summed E-state index contributed by atoms with van der Waals surface area (Å²) in [5, 5.41) is 0. The first-order valence-electron chi connectivity index (χ1n) is 5.74. The van der Waals surface area contributed by atoms with Crippen LogP contribution in [0.1, 0.15) is 11.6 Å². The number of benzene rings is 1. The summed E-state index contributed by atoms with van der Waals surface area (Å²) in [7, 11) is 0. The van der Waals surface area contributed by atoms with Crippen molar-refractivity contribution in [3.8, 4) is 0 Å². The van der Waals surface area contributed by atoms with E-state index in [9.17, 15) is 0 Å². The van der Waals surface area contributed by atoms with Crippen LogP contribution in [0, 0.1) is 0 Å². The van der Waals surface area contributed by atoms with Crippen LogP contribution in [-0.4, -0.2) is 10.7 Å². The van der Waals surface area contributed by atoms with Gasteiger partial charge in [-0.15, -0.1) is 11.8 Å². The molecule has 5 N–H and O–H groups in total. The van der Waals surface area contributed by atoms with Crippen molar-refractivity contribution in [2.75, 3.05) is 11.5 Å². The van der Waals surface area contributed by atoms with Crippen molar-refractivity contribution in [1.29, 1.82) is 0 Å². The van der Waals surface area contributed by atoms with Crippen LogP contribution in [0.4, 0.5) is 5.69 Å². The number of nitrogens with one attached hydrogen (secondary N) is 1. The predicted octanol–water partition coefficient (Wildman–Crippen LogP) is 2.72. The molecule has 0 spiro atoms. The maximum absolute atomic E-state index is 5.94. The van der Waals surface area contributed by atoms with Gasteiger partial charge in [-0.2, -0.15) is 0 Å². The van der Waals surface area contributed by atoms with Gasteiger partial charge in [0.25, 0.3) is 0 Å². The molecule has 0 aliphatic carbocycles. The molecule has 0 amide bonds. The Morgan fingerprint density at radius 2 is 2.21 bits per heavy atom. The maximum atomic E-state index is 5.94. The summed E-state index contributed by atoms with van der Waals surface area (Å²) in [5.41, 5.74) is 10.4. The fraction of sp³-hybridized carbons (Fsp3) is 0.154. The number of halogens is 1. The Bertz CT molecular complexity index is 550. The van der Waals surface area contributed by atoms with Gasteiger partial charge in [0.15, 0.2) is 0 Å². The topological polar surface area (TPSA) is 77.0 Å². The van der Waals surface area contributed by atoms with E-state index in [0.29, 0.717) is 5.69 Å². The molecule has 0 fully saturated rings. The number of nitrogens with two attached hydrogens (primary N) is 2. The molecule has 4 nitrogen and oxygen atoms in total. The zero-order valence-electron chi connectivity index (χ0n) is 10.2. The zero-order valence-corrected chi connectivity index (χ0v) is 12.6. The lowest BCUT2D eigenvalue weighted by Crippen LogP contribution is -2.30. The van der Waals surface area contributed by atoms with E-state index in [-0.39, 0.29) is 6.04 Å². The second-order valence-electron chi connectivity index (χ2n) is 3.99. The molecule has 2 rings (SSSR count). The Labute approximate surface area is 125 Å². The van der Waals surface area contributed by atoms with E-state index in [4.69, 9.17) is 11.6 Å². The van der Waals surface area contributed by atoms with Crippen LogP contribution in [0.5, 0.6) is 0 Å². The molecular formula is C13H15BrN4S. The van der Waals surface area contributed by atoms with Crippen LogP contribution in [0.3, 0.4) is 0 Å². The van der Waals surface area contributed by atoms with E-state index in [1.54, 1.807) is 30.2 Å². The fourth-order valence-corrected chi connectivity index (χ4v) is 3.24. The minimum Gasteiger partial charge on any atom is -0.398 e. The molecule has 0 bridgehead atoms. The van der Waals surface area contributed by atoms with Crippen molar-refractivity contribution >= 4 is 33.4 Å². The highest BCUT2D eigenvalue weighted by atomic mass is 79.9. The largest absolute Gasteiger partial charge is 0.398 e. The summed E-state index contributed by atoms with van der Waals surface area (Å²) in [4.78, 5) is 5.27. The molecule has 1 heterocycles. The Hall–Kier alpha value is -1.08. The van der Waals surface area contributed by atoms with Crippen LogP contribution in [0.2, 0.25) is 0 Å². The monoisotopic (exact) mass is 338 g/mol. The van der Waals surface area contributed by atoms with Crippen molar-refractivity contribution in [2.45, 2.75) is 10.9 Å². The van der Waals surface area contributed by atoms with Crippen molar-refractivity contribution in [1.82, 2.24) is 10.4 Å². The van der Waals surface area contributed by atoms with Crippen molar-refractivity contribution < 1.29 is 0 Å². The first-order valence-corrected chi connectivity index (χ1v) is 7.52. The smallest absolute Gasteiger partial charge is 0.0589 e. The lowest BCUT2D eigenvalue weighted by molar-refractivity contribution is 0.610. The summed E-state index contributed by atoms with van der Waals surface area (Å²) in [6.45, 7) is 0. The van der Waals surface area contributed by atoms with E-state index in [2.05, 4.69) is 38.5 Å². The highest BCUT2D eigenvalue weighted by Crippen LogP contribution is 2.28. The average Bonchev–Trinajstić information content (AvgIpc) is 2.41. The van der Waals surface area contributed by atoms with E-state index in [1.165, 1.54) is 4.90 Å². The summed E-state index contributed by atoms with van der Waals surface area (Å²) >= 11 is 5.17. The molecule has 0 radical (unpaired) electrons. The first-order chi connectivity index (χ1) is 9.20. The Morgan fingerprint density at radius 1 is 1.37 bits per heavy atom. The lowest BCUT2D eigenvalue weighted by Gasteiger charge is -2.17. The molecule has 0 saturated carbocycles. The molecular weight excluding hydrogens is 324 g/mol. The standard InChI is InChI=1S/C13H15BrN4S/c14-9-2-1-3-10(6-9)19-8-13(18-16)11-7-17-5-4-12(11)15/h1-7,13,18H,8,16H2,(H2,15,17). The molecule has 0 aliphatic heterocycles. The van der Waals surface area contributed by atoms with Gasteiger partial charge in [0.2, 0.25) is 0 Å². The maximum Gasteiger partial charge on any atom is 0.0589 e. The number of hydrogen-bond acceptors (Lipinski definition) is 5. The summed E-state index contributed by atoms with van der Waals surface area (Å²) < 4.78 is 1.07. The molecule has 100 valence electrons. The minimum atomic E-state index is -0.0299. The molecule has 2 aromatic rings. The van der Waals surface area contributed by atoms with Crippen LogP contribution in [-0.2, 0) is 0 Å². The fourth-order valence-electron chi connectivity index (χ4n) is 1.67. The number of hydrazine groups is 1. The number of pyridine rings is 1. The molecule has 0 aliphatic rings. The van der Waals surface area contributed by atoms with Gasteiger partial charge in [-0.05, 0) is 24.3 Å². The molecule has 0 saturated heterocycles. The molecule has 1 unspecified atom stereocenters. The second-order valence-corrected chi connectivity index (χ2v) is 6.00. The average molecular weight is 339 g/mol. The molecule has 1 aromatic heterocycles. The summed E-state index contributed by atoms with van der Waals surface area (Å²) in [6.07, 6.45) is 3.43. The lowest BCUT2D eigenvalue weighted by atomic mass is 10.1. The minimum absolute atomic E-state index is 0.0299. The molecule has 1 aromatic carbocycles. The number of thioether (sulfide) groups is 1. The van der Waals surface area contributed by atoms with Gasteiger partial charge in [0.1, 0.15) is 0 Å². The highest BCUT2D eigenvalue weighted by Gasteiger charge is 2.13. The Kier molecular flexibility index (Phi) is 5.21. The highest BCUT2D eigenvalue weighted by molar-refractivity contribution is 9.10. The zero-order chi connectivity index (χ0) is 13.7. The number of anilines is 1. The van der Waals surface area contributed by atoms with E-state index < -0.39 is 0 Å². The molecule has 1 atom stereocenters. The van der Waals surface area contributed by atoms with Crippen LogP contribution in [0.15, 0.2) is 52.1 Å². The molecule has 6 heteroatoms. The van der Waals surface area contributed by atoms with Gasteiger partial charge in [-0.1, -0.05) is 22.0 Å². The van der Waals surface area contributed by atoms with Crippen LogP contribution in [0.25, 0.3) is 0 Å². The summed E-state index contributed by atoms with van der Waals surface area (Å²) in [5.74, 6) is 6.39. The quantitative estimate of drug-likeness (QED) is 0.444. The normalized spacial score (nSPS) is 12.3. The van der Waals surface area contributed by atoms with Gasteiger partial charge < -0.3 is 5.73 Å². The van der Waals surface area contributed by atoms with E-state index in [0.717, 1.165) is 15.8 Å². The van der Waals surface area contributed by atoms with E-state index >= 15 is 0 Å². The third kappa shape index (κ3) is 3.94. The number of hydrogen-bond donors (Lipinski definition) is 3. The van der Waals surface area contributed by atoms with Gasteiger partial charge in [0, 0.05) is 38.8 Å². The number of nitrogen functional groups attached to an aromatic ring is 1. The van der Waals surface area contributed by atoms with Gasteiger partial charge in [-0.3, -0.25) is 16.3 Å². The van der Waals surface area contributed by atoms with Crippen molar-refractivity contribution in [3.05, 3.63) is 52.8 Å². The number of nitrogens with zero attached hydrogens (tertiary/aromatic N) is 1. The summed E-state index contributed by atoms with van der Waals surface area (Å²) in [6, 6.07) is 9.90.